The summed E-state index contributed by atoms with van der Waals surface area (Å²) < 4.78 is 72.8. The molecule has 13 heteroatoms. The Kier molecular flexibility index (Phi) is 7.42. The number of ether oxygens (including phenoxy) is 2. The summed E-state index contributed by atoms with van der Waals surface area (Å²) in [6, 6.07) is 4.45. The minimum Gasteiger partial charge on any atom is -0.493 e. The number of alkyl halides is 3. The molecule has 1 aromatic carbocycles. The van der Waals surface area contributed by atoms with Gasteiger partial charge in [-0.3, -0.25) is 4.79 Å². The summed E-state index contributed by atoms with van der Waals surface area (Å²) in [6.07, 6.45) is -3.02. The molecule has 0 saturated carbocycles. The molecule has 30 heavy (non-hydrogen) atoms. The van der Waals surface area contributed by atoms with E-state index in [2.05, 4.69) is 26.0 Å². The summed E-state index contributed by atoms with van der Waals surface area (Å²) in [7, 11) is -1.35. The van der Waals surface area contributed by atoms with Crippen LogP contribution in [0.3, 0.4) is 0 Å². The normalized spacial score (nSPS) is 12.1. The van der Waals surface area contributed by atoms with Crippen LogP contribution in [0.15, 0.2) is 45.1 Å². The van der Waals surface area contributed by atoms with E-state index in [1.807, 2.05) is 5.43 Å². The maximum Gasteiger partial charge on any atom is 0.417 e. The zero-order valence-electron chi connectivity index (χ0n) is 15.5. The average Bonchev–Trinajstić information content (AvgIpc) is 2.68. The van der Waals surface area contributed by atoms with E-state index in [-0.39, 0.29) is 0 Å². The third-order valence-electron chi connectivity index (χ3n) is 3.60. The van der Waals surface area contributed by atoms with Crippen LogP contribution < -0.4 is 14.9 Å². The van der Waals surface area contributed by atoms with Gasteiger partial charge in [0.05, 0.1) is 26.0 Å². The summed E-state index contributed by atoms with van der Waals surface area (Å²) in [5.41, 5.74) is 1.44. The molecule has 0 radical (unpaired) electrons. The molecule has 0 fully saturated rings. The maximum absolute atomic E-state index is 12.5. The van der Waals surface area contributed by atoms with E-state index in [9.17, 15) is 26.4 Å². The van der Waals surface area contributed by atoms with Crippen LogP contribution in [0.25, 0.3) is 0 Å². The Hall–Kier alpha value is -2.67. The standard InChI is InChI=1S/C17H15BrF3N3O5S/c1-28-13-5-10(12(18)6-14(13)29-2)7-23-24-15(25)9-30(26,27)16-4-3-11(8-22-16)17(19,20)21/h3-8H,9H2,1-2H3,(H,24,25)/b23-7+. The number of carbonyl (C=O) groups is 1. The molecule has 162 valence electrons. The van der Waals surface area contributed by atoms with Gasteiger partial charge in [-0.05, 0) is 40.2 Å². The fourth-order valence-electron chi connectivity index (χ4n) is 2.15. The molecular formula is C17H15BrF3N3O5S. The Bertz CT molecular complexity index is 1060. The van der Waals surface area contributed by atoms with Crippen molar-refractivity contribution in [3.8, 4) is 11.5 Å². The predicted molar refractivity (Wildman–Crippen MR) is 104 cm³/mol. The van der Waals surface area contributed by atoms with Crippen LogP contribution in [0, 0.1) is 0 Å². The molecule has 0 aliphatic heterocycles. The van der Waals surface area contributed by atoms with E-state index >= 15 is 0 Å². The van der Waals surface area contributed by atoms with Crippen LogP contribution in [0.5, 0.6) is 11.5 Å². The van der Waals surface area contributed by atoms with Gasteiger partial charge >= 0.3 is 6.18 Å². The Labute approximate surface area is 178 Å². The highest BCUT2D eigenvalue weighted by molar-refractivity contribution is 9.10. The Morgan fingerprint density at radius 3 is 2.40 bits per heavy atom. The molecule has 2 rings (SSSR count). The number of nitrogens with zero attached hydrogens (tertiary/aromatic N) is 2. The molecule has 0 aliphatic carbocycles. The van der Waals surface area contributed by atoms with Crippen LogP contribution in [0.2, 0.25) is 0 Å². The summed E-state index contributed by atoms with van der Waals surface area (Å²) in [4.78, 5) is 15.2. The lowest BCUT2D eigenvalue weighted by molar-refractivity contribution is -0.137. The highest BCUT2D eigenvalue weighted by Crippen LogP contribution is 2.32. The Morgan fingerprint density at radius 1 is 1.23 bits per heavy atom. The quantitative estimate of drug-likeness (QED) is 0.454. The topological polar surface area (TPSA) is 107 Å². The number of sulfone groups is 1. The van der Waals surface area contributed by atoms with Gasteiger partial charge in [0, 0.05) is 16.2 Å². The number of nitrogens with one attached hydrogen (secondary N) is 1. The summed E-state index contributed by atoms with van der Waals surface area (Å²) in [6.45, 7) is 0. The summed E-state index contributed by atoms with van der Waals surface area (Å²) in [5.74, 6) is -1.18. The second kappa shape index (κ2) is 9.43. The Balaban J connectivity index is 2.07. The molecule has 0 unspecified atom stereocenters. The maximum atomic E-state index is 12.5. The number of rotatable bonds is 7. The zero-order chi connectivity index (χ0) is 22.5. The lowest BCUT2D eigenvalue weighted by Gasteiger charge is -2.09. The van der Waals surface area contributed by atoms with Crippen molar-refractivity contribution in [3.63, 3.8) is 0 Å². The van der Waals surface area contributed by atoms with Crippen molar-refractivity contribution in [2.45, 2.75) is 11.2 Å². The molecule has 1 heterocycles. The minimum atomic E-state index is -4.65. The van der Waals surface area contributed by atoms with Crippen molar-refractivity contribution in [3.05, 3.63) is 46.1 Å². The number of methoxy groups -OCH3 is 2. The summed E-state index contributed by atoms with van der Waals surface area (Å²) in [5, 5.41) is 3.02. The molecule has 8 nitrogen and oxygen atoms in total. The van der Waals surface area contributed by atoms with Crippen molar-refractivity contribution in [2.75, 3.05) is 20.0 Å². The number of pyridine rings is 1. The molecule has 1 N–H and O–H groups in total. The van der Waals surface area contributed by atoms with Gasteiger partial charge in [0.2, 0.25) is 9.84 Å². The molecule has 1 amide bonds. The second-order valence-corrected chi connectivity index (χ2v) is 8.45. The predicted octanol–water partition coefficient (Wildman–Crippen LogP) is 2.80. The van der Waals surface area contributed by atoms with Gasteiger partial charge < -0.3 is 9.47 Å². The fraction of sp³-hybridized carbons (Fsp3) is 0.235. The molecule has 0 spiro atoms. The third-order valence-corrected chi connectivity index (χ3v) is 5.81. The number of hydrazone groups is 1. The van der Waals surface area contributed by atoms with Crippen LogP contribution >= 0.6 is 15.9 Å². The van der Waals surface area contributed by atoms with Crippen LogP contribution in [0.1, 0.15) is 11.1 Å². The number of hydrogen-bond acceptors (Lipinski definition) is 7. The van der Waals surface area contributed by atoms with Gasteiger partial charge in [-0.1, -0.05) is 0 Å². The van der Waals surface area contributed by atoms with Gasteiger partial charge in [-0.15, -0.1) is 0 Å². The van der Waals surface area contributed by atoms with E-state index < -0.39 is 38.3 Å². The average molecular weight is 510 g/mol. The zero-order valence-corrected chi connectivity index (χ0v) is 17.9. The SMILES string of the molecule is COc1cc(Br)c(/C=N/NC(=O)CS(=O)(=O)c2ccc(C(F)(F)F)cn2)cc1OC. The molecule has 0 atom stereocenters. The first-order valence-electron chi connectivity index (χ1n) is 7.97. The van der Waals surface area contributed by atoms with Crippen molar-refractivity contribution < 1.29 is 35.9 Å². The van der Waals surface area contributed by atoms with Crippen molar-refractivity contribution >= 4 is 37.9 Å². The number of halogens is 4. The van der Waals surface area contributed by atoms with Crippen molar-refractivity contribution in [1.82, 2.24) is 10.4 Å². The highest BCUT2D eigenvalue weighted by atomic mass is 79.9. The fourth-order valence-corrected chi connectivity index (χ4v) is 3.62. The number of benzene rings is 1. The van der Waals surface area contributed by atoms with Gasteiger partial charge in [0.1, 0.15) is 5.75 Å². The van der Waals surface area contributed by atoms with Crippen LogP contribution in [0.4, 0.5) is 13.2 Å². The second-order valence-electron chi connectivity index (χ2n) is 5.66. The highest BCUT2D eigenvalue weighted by Gasteiger charge is 2.31. The number of aromatic nitrogens is 1. The molecule has 1 aromatic heterocycles. The number of carbonyl (C=O) groups excluding carboxylic acids is 1. The van der Waals surface area contributed by atoms with E-state index in [1.54, 1.807) is 12.1 Å². The molecule has 2 aromatic rings. The molecular weight excluding hydrogens is 495 g/mol. The number of hydrogen-bond donors (Lipinski definition) is 1. The molecule has 0 aliphatic rings. The first-order chi connectivity index (χ1) is 14.0. The molecule has 0 bridgehead atoms. The van der Waals surface area contributed by atoms with Crippen molar-refractivity contribution in [2.24, 2.45) is 5.10 Å². The largest absolute Gasteiger partial charge is 0.493 e. The number of amides is 1. The third kappa shape index (κ3) is 5.92. The summed E-state index contributed by atoms with van der Waals surface area (Å²) >= 11 is 3.29. The van der Waals surface area contributed by atoms with E-state index in [0.29, 0.717) is 39.9 Å². The lowest BCUT2D eigenvalue weighted by atomic mass is 10.2. The van der Waals surface area contributed by atoms with Gasteiger partial charge in [-0.2, -0.15) is 18.3 Å². The van der Waals surface area contributed by atoms with Gasteiger partial charge in [0.25, 0.3) is 5.91 Å². The lowest BCUT2D eigenvalue weighted by Crippen LogP contribution is -2.27. The first-order valence-corrected chi connectivity index (χ1v) is 10.4. The smallest absolute Gasteiger partial charge is 0.417 e. The minimum absolute atomic E-state index is 0.386. The van der Waals surface area contributed by atoms with E-state index in [0.717, 1.165) is 0 Å². The van der Waals surface area contributed by atoms with Crippen LogP contribution in [-0.2, 0) is 20.8 Å². The molecule has 0 saturated heterocycles. The van der Waals surface area contributed by atoms with E-state index in [1.165, 1.54) is 20.4 Å². The monoisotopic (exact) mass is 509 g/mol. The van der Waals surface area contributed by atoms with E-state index in [4.69, 9.17) is 9.47 Å². The Morgan fingerprint density at radius 2 is 1.87 bits per heavy atom. The van der Waals surface area contributed by atoms with Gasteiger partial charge in [0.15, 0.2) is 16.5 Å². The van der Waals surface area contributed by atoms with Crippen LogP contribution in [-0.4, -0.2) is 45.5 Å². The van der Waals surface area contributed by atoms with Crippen molar-refractivity contribution in [1.29, 1.82) is 0 Å². The van der Waals surface area contributed by atoms with Gasteiger partial charge in [-0.25, -0.2) is 18.8 Å². The first kappa shape index (κ1) is 23.6.